The Kier molecular flexibility index (Phi) is 6.28. The van der Waals surface area contributed by atoms with Crippen LogP contribution >= 0.6 is 23.2 Å². The number of hydrogen-bond donors (Lipinski definition) is 2. The van der Waals surface area contributed by atoms with Gasteiger partial charge in [-0.05, 0) is 44.2 Å². The average molecular weight is 457 g/mol. The number of aryl methyl sites for hydroxylation is 1. The SMILES string of the molecule is Cc1nn(Cc2c(Cl)cccc2Cl)c(C)c1NC(=O)Nc1cccc(C(F)(F)F)c1. The Morgan fingerprint density at radius 2 is 1.70 bits per heavy atom. The lowest BCUT2D eigenvalue weighted by Crippen LogP contribution is -2.20. The van der Waals surface area contributed by atoms with Crippen molar-refractivity contribution >= 4 is 40.6 Å². The Morgan fingerprint density at radius 3 is 2.33 bits per heavy atom. The van der Waals surface area contributed by atoms with Crippen LogP contribution in [0.25, 0.3) is 0 Å². The topological polar surface area (TPSA) is 59.0 Å². The van der Waals surface area contributed by atoms with Crippen molar-refractivity contribution in [1.82, 2.24) is 9.78 Å². The zero-order valence-electron chi connectivity index (χ0n) is 15.9. The number of amides is 2. The molecule has 158 valence electrons. The van der Waals surface area contributed by atoms with Crippen LogP contribution < -0.4 is 10.6 Å². The molecule has 0 fully saturated rings. The van der Waals surface area contributed by atoms with Gasteiger partial charge in [0.2, 0.25) is 0 Å². The molecule has 2 amide bonds. The van der Waals surface area contributed by atoms with E-state index in [1.807, 2.05) is 0 Å². The first kappa shape index (κ1) is 22.0. The van der Waals surface area contributed by atoms with Crippen LogP contribution in [-0.2, 0) is 12.7 Å². The summed E-state index contributed by atoms with van der Waals surface area (Å²) in [5, 5.41) is 10.4. The molecular formula is C20H17Cl2F3N4O. The number of benzene rings is 2. The summed E-state index contributed by atoms with van der Waals surface area (Å²) in [6, 6.07) is 8.88. The normalized spacial score (nSPS) is 11.4. The van der Waals surface area contributed by atoms with Crippen LogP contribution in [0.4, 0.5) is 29.3 Å². The van der Waals surface area contributed by atoms with Gasteiger partial charge in [0.05, 0.1) is 29.2 Å². The molecule has 0 bridgehead atoms. The predicted molar refractivity (Wildman–Crippen MR) is 111 cm³/mol. The third-order valence-corrected chi connectivity index (χ3v) is 5.15. The predicted octanol–water partition coefficient (Wildman–Crippen LogP) is 6.52. The molecule has 0 saturated carbocycles. The standard InChI is InChI=1S/C20H17Cl2F3N4O/c1-11-18(12(2)29(28-11)10-15-16(21)7-4-8-17(15)22)27-19(30)26-14-6-3-5-13(9-14)20(23,24)25/h3-9H,10H2,1-2H3,(H2,26,27,30). The van der Waals surface area contributed by atoms with Crippen molar-refractivity contribution in [2.24, 2.45) is 0 Å². The molecule has 30 heavy (non-hydrogen) atoms. The van der Waals surface area contributed by atoms with Gasteiger partial charge in [-0.15, -0.1) is 0 Å². The minimum Gasteiger partial charge on any atom is -0.308 e. The highest BCUT2D eigenvalue weighted by Crippen LogP contribution is 2.31. The monoisotopic (exact) mass is 456 g/mol. The van der Waals surface area contributed by atoms with Crippen LogP contribution in [0.3, 0.4) is 0 Å². The molecule has 2 N–H and O–H groups in total. The number of nitrogens with zero attached hydrogens (tertiary/aromatic N) is 2. The minimum atomic E-state index is -4.50. The van der Waals surface area contributed by atoms with Crippen molar-refractivity contribution in [1.29, 1.82) is 0 Å². The van der Waals surface area contributed by atoms with Gasteiger partial charge in [-0.2, -0.15) is 18.3 Å². The highest BCUT2D eigenvalue weighted by molar-refractivity contribution is 6.36. The Bertz CT molecular complexity index is 1080. The summed E-state index contributed by atoms with van der Waals surface area (Å²) < 4.78 is 40.2. The first-order valence-corrected chi connectivity index (χ1v) is 9.54. The van der Waals surface area contributed by atoms with Crippen molar-refractivity contribution in [3.8, 4) is 0 Å². The lowest BCUT2D eigenvalue weighted by atomic mass is 10.2. The zero-order valence-corrected chi connectivity index (χ0v) is 17.5. The molecule has 0 atom stereocenters. The largest absolute Gasteiger partial charge is 0.416 e. The second-order valence-electron chi connectivity index (χ2n) is 6.56. The molecule has 1 aromatic heterocycles. The quantitative estimate of drug-likeness (QED) is 0.469. The molecule has 1 heterocycles. The van der Waals surface area contributed by atoms with E-state index in [1.54, 1.807) is 36.7 Å². The van der Waals surface area contributed by atoms with Gasteiger partial charge in [-0.25, -0.2) is 4.79 Å². The van der Waals surface area contributed by atoms with Gasteiger partial charge in [-0.3, -0.25) is 4.68 Å². The van der Waals surface area contributed by atoms with Crippen molar-refractivity contribution in [3.63, 3.8) is 0 Å². The summed E-state index contributed by atoms with van der Waals surface area (Å²) >= 11 is 12.4. The van der Waals surface area contributed by atoms with Crippen LogP contribution in [-0.4, -0.2) is 15.8 Å². The van der Waals surface area contributed by atoms with E-state index in [-0.39, 0.29) is 5.69 Å². The number of aromatic nitrogens is 2. The molecule has 5 nitrogen and oxygen atoms in total. The van der Waals surface area contributed by atoms with Crippen LogP contribution in [0.2, 0.25) is 10.0 Å². The van der Waals surface area contributed by atoms with Crippen molar-refractivity contribution in [2.45, 2.75) is 26.6 Å². The highest BCUT2D eigenvalue weighted by atomic mass is 35.5. The Labute approximate surface area is 180 Å². The van der Waals surface area contributed by atoms with Crippen molar-refractivity contribution < 1.29 is 18.0 Å². The van der Waals surface area contributed by atoms with E-state index >= 15 is 0 Å². The van der Waals surface area contributed by atoms with E-state index in [0.717, 1.165) is 12.1 Å². The summed E-state index contributed by atoms with van der Waals surface area (Å²) in [5.41, 5.74) is 1.48. The lowest BCUT2D eigenvalue weighted by molar-refractivity contribution is -0.137. The fourth-order valence-corrected chi connectivity index (χ4v) is 3.43. The average Bonchev–Trinajstić information content (AvgIpc) is 2.92. The van der Waals surface area contributed by atoms with Crippen LogP contribution in [0, 0.1) is 13.8 Å². The van der Waals surface area contributed by atoms with Gasteiger partial charge >= 0.3 is 12.2 Å². The molecule has 3 rings (SSSR count). The summed E-state index contributed by atoms with van der Waals surface area (Å²) in [6.07, 6.45) is -4.50. The Balaban J connectivity index is 1.77. The first-order chi connectivity index (χ1) is 14.1. The molecule has 0 saturated heterocycles. The first-order valence-electron chi connectivity index (χ1n) is 8.78. The minimum absolute atomic E-state index is 0.0212. The van der Waals surface area contributed by atoms with E-state index in [4.69, 9.17) is 23.2 Å². The number of anilines is 2. The Hall–Kier alpha value is -2.71. The molecule has 0 aliphatic rings. The zero-order chi connectivity index (χ0) is 22.1. The molecule has 10 heteroatoms. The second kappa shape index (κ2) is 8.57. The molecule has 0 aliphatic heterocycles. The summed E-state index contributed by atoms with van der Waals surface area (Å²) in [4.78, 5) is 12.3. The Morgan fingerprint density at radius 1 is 1.07 bits per heavy atom. The molecular weight excluding hydrogens is 440 g/mol. The fraction of sp³-hybridized carbons (Fsp3) is 0.200. The van der Waals surface area contributed by atoms with Crippen molar-refractivity contribution in [2.75, 3.05) is 10.6 Å². The molecule has 3 aromatic rings. The number of urea groups is 1. The smallest absolute Gasteiger partial charge is 0.308 e. The lowest BCUT2D eigenvalue weighted by Gasteiger charge is -2.11. The maximum Gasteiger partial charge on any atom is 0.416 e. The summed E-state index contributed by atoms with van der Waals surface area (Å²) in [7, 11) is 0. The highest BCUT2D eigenvalue weighted by Gasteiger charge is 2.30. The van der Waals surface area contributed by atoms with Gasteiger partial charge in [0, 0.05) is 21.3 Å². The van der Waals surface area contributed by atoms with Gasteiger partial charge in [0.1, 0.15) is 0 Å². The number of alkyl halides is 3. The third kappa shape index (κ3) is 4.88. The number of hydrogen-bond acceptors (Lipinski definition) is 2. The molecule has 0 spiro atoms. The number of nitrogens with one attached hydrogen (secondary N) is 2. The van der Waals surface area contributed by atoms with Gasteiger partial charge in [-0.1, -0.05) is 35.3 Å². The fourth-order valence-electron chi connectivity index (χ4n) is 2.91. The molecule has 2 aromatic carbocycles. The van der Waals surface area contributed by atoms with Crippen LogP contribution in [0.15, 0.2) is 42.5 Å². The van der Waals surface area contributed by atoms with E-state index in [2.05, 4.69) is 15.7 Å². The van der Waals surface area contributed by atoms with Gasteiger partial charge < -0.3 is 10.6 Å². The number of halogens is 5. The van der Waals surface area contributed by atoms with Crippen LogP contribution in [0.1, 0.15) is 22.5 Å². The molecule has 0 radical (unpaired) electrons. The molecule has 0 unspecified atom stereocenters. The van der Waals surface area contributed by atoms with E-state index in [1.165, 1.54) is 12.1 Å². The van der Waals surface area contributed by atoms with E-state index in [9.17, 15) is 18.0 Å². The maximum absolute atomic E-state index is 12.8. The second-order valence-corrected chi connectivity index (χ2v) is 7.38. The third-order valence-electron chi connectivity index (χ3n) is 4.44. The summed E-state index contributed by atoms with van der Waals surface area (Å²) in [5.74, 6) is 0. The number of carbonyl (C=O) groups excluding carboxylic acids is 1. The number of rotatable bonds is 4. The van der Waals surface area contributed by atoms with E-state index < -0.39 is 17.8 Å². The maximum atomic E-state index is 12.8. The van der Waals surface area contributed by atoms with Crippen molar-refractivity contribution in [3.05, 3.63) is 75.0 Å². The van der Waals surface area contributed by atoms with Gasteiger partial charge in [0.25, 0.3) is 0 Å². The van der Waals surface area contributed by atoms with Gasteiger partial charge in [0.15, 0.2) is 0 Å². The molecule has 0 aliphatic carbocycles. The van der Waals surface area contributed by atoms with Crippen LogP contribution in [0.5, 0.6) is 0 Å². The number of carbonyl (C=O) groups is 1. The summed E-state index contributed by atoms with van der Waals surface area (Å²) in [6.45, 7) is 3.75. The van der Waals surface area contributed by atoms with E-state index in [0.29, 0.717) is 39.2 Å².